The molecule has 5 rings (SSSR count). The summed E-state index contributed by atoms with van der Waals surface area (Å²) < 4.78 is 5.49. The minimum absolute atomic E-state index is 0.0264. The number of anilines is 1. The molecule has 6 nitrogen and oxygen atoms in total. The van der Waals surface area contributed by atoms with Crippen molar-refractivity contribution in [3.05, 3.63) is 112 Å². The first-order chi connectivity index (χ1) is 17.0. The van der Waals surface area contributed by atoms with Crippen molar-refractivity contribution in [3.8, 4) is 16.3 Å². The topological polar surface area (TPSA) is 79.7 Å². The zero-order valence-corrected chi connectivity index (χ0v) is 20.0. The van der Waals surface area contributed by atoms with Gasteiger partial charge in [-0.1, -0.05) is 72.8 Å². The van der Waals surface area contributed by atoms with Crippen LogP contribution >= 0.6 is 11.3 Å². The van der Waals surface area contributed by atoms with Crippen molar-refractivity contribution in [2.45, 2.75) is 13.0 Å². The lowest BCUT2D eigenvalue weighted by atomic mass is 9.95. The number of amides is 1. The van der Waals surface area contributed by atoms with Gasteiger partial charge in [0.1, 0.15) is 10.8 Å². The Labute approximate surface area is 206 Å². The summed E-state index contributed by atoms with van der Waals surface area (Å²) in [5, 5.41) is 11.7. The maximum absolute atomic E-state index is 13.9. The van der Waals surface area contributed by atoms with Crippen molar-refractivity contribution in [2.24, 2.45) is 0 Å². The molecule has 1 unspecified atom stereocenters. The van der Waals surface area contributed by atoms with Gasteiger partial charge in [0.15, 0.2) is 5.76 Å². The van der Waals surface area contributed by atoms with Crippen LogP contribution in [0, 0.1) is 6.92 Å². The van der Waals surface area contributed by atoms with Crippen LogP contribution in [0.5, 0.6) is 5.75 Å². The van der Waals surface area contributed by atoms with Crippen LogP contribution in [0.15, 0.2) is 96.3 Å². The fraction of sp³-hybridized carbons (Fsp3) is 0.107. The number of thiazole rings is 1. The van der Waals surface area contributed by atoms with E-state index in [1.54, 1.807) is 31.2 Å². The number of benzene rings is 3. The number of carbonyl (C=O) groups excluding carboxylic acids is 2. The molecule has 0 aliphatic carbocycles. The van der Waals surface area contributed by atoms with E-state index in [4.69, 9.17) is 4.74 Å². The van der Waals surface area contributed by atoms with E-state index in [1.807, 2.05) is 60.7 Å². The summed E-state index contributed by atoms with van der Waals surface area (Å²) in [5.74, 6) is -1.18. The van der Waals surface area contributed by atoms with E-state index in [9.17, 15) is 14.7 Å². The lowest BCUT2D eigenvalue weighted by Gasteiger charge is -2.28. The second-order valence-electron chi connectivity index (χ2n) is 8.05. The van der Waals surface area contributed by atoms with Gasteiger partial charge in [0.25, 0.3) is 5.91 Å². The number of aliphatic hydroxyl groups is 1. The van der Waals surface area contributed by atoms with Crippen LogP contribution in [-0.4, -0.2) is 28.9 Å². The molecule has 1 aliphatic heterocycles. The molecule has 1 atom stereocenters. The number of para-hydroxylation sites is 2. The van der Waals surface area contributed by atoms with Crippen molar-refractivity contribution >= 4 is 28.7 Å². The number of aliphatic hydroxyl groups excluding tert-OH is 1. The highest BCUT2D eigenvalue weighted by molar-refractivity contribution is 7.17. The van der Waals surface area contributed by atoms with Gasteiger partial charge >= 0.3 is 0 Å². The standard InChI is InChI=1S/C28H22N2O4S/c1-17-26(35-27(29-17)19-13-7-4-8-14-19)24(31)22-23(18-11-5-3-6-12-18)30(28(33)25(22)32)20-15-9-10-16-21(20)34-2/h3-16,23,32H,1-2H3. The molecule has 2 heterocycles. The van der Waals surface area contributed by atoms with Crippen LogP contribution < -0.4 is 9.64 Å². The third-order valence-corrected chi connectivity index (χ3v) is 7.14. The van der Waals surface area contributed by atoms with Gasteiger partial charge in [0.2, 0.25) is 5.78 Å². The SMILES string of the molecule is COc1ccccc1N1C(=O)C(O)=C(C(=O)c2sc(-c3ccccc3)nc2C)C1c1ccccc1. The molecule has 1 aromatic heterocycles. The van der Waals surface area contributed by atoms with Crippen LogP contribution in [0.2, 0.25) is 0 Å². The molecule has 0 saturated heterocycles. The largest absolute Gasteiger partial charge is 0.503 e. The predicted octanol–water partition coefficient (Wildman–Crippen LogP) is 5.91. The summed E-state index contributed by atoms with van der Waals surface area (Å²) in [6.45, 7) is 1.76. The molecular weight excluding hydrogens is 460 g/mol. The number of hydrogen-bond acceptors (Lipinski definition) is 6. The van der Waals surface area contributed by atoms with Gasteiger partial charge < -0.3 is 9.84 Å². The third kappa shape index (κ3) is 3.90. The summed E-state index contributed by atoms with van der Waals surface area (Å²) in [6, 6.07) is 25.0. The predicted molar refractivity (Wildman–Crippen MR) is 136 cm³/mol. The van der Waals surface area contributed by atoms with E-state index in [-0.39, 0.29) is 5.57 Å². The first kappa shape index (κ1) is 22.6. The Kier molecular flexibility index (Phi) is 5.93. The average Bonchev–Trinajstić information content (AvgIpc) is 3.42. The summed E-state index contributed by atoms with van der Waals surface area (Å²) in [5.41, 5.74) is 2.64. The zero-order chi connectivity index (χ0) is 24.5. The summed E-state index contributed by atoms with van der Waals surface area (Å²) in [6.07, 6.45) is 0. The van der Waals surface area contributed by atoms with Crippen LogP contribution in [0.1, 0.15) is 27.0 Å². The Hall–Kier alpha value is -4.23. The fourth-order valence-electron chi connectivity index (χ4n) is 4.30. The monoisotopic (exact) mass is 482 g/mol. The van der Waals surface area contributed by atoms with Crippen molar-refractivity contribution in [2.75, 3.05) is 12.0 Å². The summed E-state index contributed by atoms with van der Waals surface area (Å²) in [7, 11) is 1.52. The highest BCUT2D eigenvalue weighted by Crippen LogP contribution is 2.45. The second-order valence-corrected chi connectivity index (χ2v) is 9.05. The van der Waals surface area contributed by atoms with Gasteiger partial charge in [-0.3, -0.25) is 14.5 Å². The van der Waals surface area contributed by atoms with Crippen molar-refractivity contribution in [1.82, 2.24) is 4.98 Å². The van der Waals surface area contributed by atoms with E-state index in [0.717, 1.165) is 5.56 Å². The van der Waals surface area contributed by atoms with Gasteiger partial charge in [-0.05, 0) is 24.6 Å². The summed E-state index contributed by atoms with van der Waals surface area (Å²) >= 11 is 1.25. The smallest absolute Gasteiger partial charge is 0.294 e. The van der Waals surface area contributed by atoms with E-state index < -0.39 is 23.5 Å². The average molecular weight is 483 g/mol. The Morgan fingerprint density at radius 3 is 2.29 bits per heavy atom. The normalized spacial score (nSPS) is 15.5. The van der Waals surface area contributed by atoms with Crippen LogP contribution in [0.4, 0.5) is 5.69 Å². The number of methoxy groups -OCH3 is 1. The third-order valence-electron chi connectivity index (χ3n) is 5.94. The lowest BCUT2D eigenvalue weighted by molar-refractivity contribution is -0.117. The number of aryl methyl sites for hydroxylation is 1. The second kappa shape index (κ2) is 9.19. The van der Waals surface area contributed by atoms with Gasteiger partial charge in [0, 0.05) is 5.56 Å². The van der Waals surface area contributed by atoms with Gasteiger partial charge in [-0.25, -0.2) is 4.98 Å². The minimum atomic E-state index is -0.825. The van der Waals surface area contributed by atoms with Crippen LogP contribution in [-0.2, 0) is 4.79 Å². The lowest BCUT2D eigenvalue weighted by Crippen LogP contribution is -2.31. The molecule has 1 aliphatic rings. The molecule has 174 valence electrons. The molecule has 1 N–H and O–H groups in total. The number of hydrogen-bond donors (Lipinski definition) is 1. The molecule has 7 heteroatoms. The van der Waals surface area contributed by atoms with Crippen LogP contribution in [0.3, 0.4) is 0 Å². The van der Waals surface area contributed by atoms with E-state index >= 15 is 0 Å². The highest BCUT2D eigenvalue weighted by atomic mass is 32.1. The molecule has 4 aromatic rings. The number of Topliss-reactive ketones (excluding diaryl/α,β-unsaturated/α-hetero) is 1. The summed E-state index contributed by atoms with van der Waals surface area (Å²) in [4.78, 5) is 33.7. The van der Waals surface area contributed by atoms with E-state index in [1.165, 1.54) is 23.3 Å². The van der Waals surface area contributed by atoms with Gasteiger partial charge in [-0.2, -0.15) is 0 Å². The fourth-order valence-corrected chi connectivity index (χ4v) is 5.32. The molecule has 0 saturated carbocycles. The quantitative estimate of drug-likeness (QED) is 0.346. The number of ketones is 1. The van der Waals surface area contributed by atoms with Crippen molar-refractivity contribution in [1.29, 1.82) is 0 Å². The Morgan fingerprint density at radius 1 is 0.971 bits per heavy atom. The number of carbonyl (C=O) groups is 2. The molecular formula is C28H22N2O4S. The Balaban J connectivity index is 1.64. The molecule has 0 spiro atoms. The van der Waals surface area contributed by atoms with E-state index in [0.29, 0.717) is 32.6 Å². The Bertz CT molecular complexity index is 1440. The van der Waals surface area contributed by atoms with Crippen molar-refractivity contribution < 1.29 is 19.4 Å². The molecule has 1 amide bonds. The Morgan fingerprint density at radius 2 is 1.60 bits per heavy atom. The molecule has 0 radical (unpaired) electrons. The van der Waals surface area contributed by atoms with Gasteiger partial charge in [0.05, 0.1) is 35.0 Å². The maximum Gasteiger partial charge on any atom is 0.294 e. The number of rotatable bonds is 6. The first-order valence-electron chi connectivity index (χ1n) is 11.0. The molecule has 3 aromatic carbocycles. The van der Waals surface area contributed by atoms with Crippen molar-refractivity contribution in [3.63, 3.8) is 0 Å². The number of ether oxygens (including phenoxy) is 1. The van der Waals surface area contributed by atoms with Crippen LogP contribution in [0.25, 0.3) is 10.6 Å². The molecule has 0 fully saturated rings. The minimum Gasteiger partial charge on any atom is -0.503 e. The van der Waals surface area contributed by atoms with E-state index in [2.05, 4.69) is 4.98 Å². The maximum atomic E-state index is 13.9. The first-order valence-corrected chi connectivity index (χ1v) is 11.8. The van der Waals surface area contributed by atoms with Gasteiger partial charge in [-0.15, -0.1) is 11.3 Å². The number of aromatic nitrogens is 1. The molecule has 0 bridgehead atoms. The zero-order valence-electron chi connectivity index (χ0n) is 19.1. The highest BCUT2D eigenvalue weighted by Gasteiger charge is 2.46. The number of nitrogens with zero attached hydrogens (tertiary/aromatic N) is 2. The molecule has 35 heavy (non-hydrogen) atoms.